The van der Waals surface area contributed by atoms with Crippen molar-refractivity contribution in [1.29, 1.82) is 0 Å². The highest BCUT2D eigenvalue weighted by Crippen LogP contribution is 2.28. The van der Waals surface area contributed by atoms with E-state index in [9.17, 15) is 4.79 Å². The van der Waals surface area contributed by atoms with Crippen LogP contribution in [0.3, 0.4) is 0 Å². The van der Waals surface area contributed by atoms with Gasteiger partial charge in [0.1, 0.15) is 4.47 Å². The van der Waals surface area contributed by atoms with Gasteiger partial charge >= 0.3 is 0 Å². The van der Waals surface area contributed by atoms with E-state index in [1.807, 2.05) is 13.1 Å². The molecule has 0 radical (unpaired) electrons. The van der Waals surface area contributed by atoms with Crippen molar-refractivity contribution < 1.29 is 0 Å². The maximum absolute atomic E-state index is 12.2. The van der Waals surface area contributed by atoms with Gasteiger partial charge in [-0.05, 0) is 54.1 Å². The van der Waals surface area contributed by atoms with Crippen LogP contribution in [0.25, 0.3) is 0 Å². The van der Waals surface area contributed by atoms with Gasteiger partial charge in [0.25, 0.3) is 5.56 Å². The summed E-state index contributed by atoms with van der Waals surface area (Å²) in [6.07, 6.45) is 6.14. The lowest BCUT2D eigenvalue weighted by Gasteiger charge is -2.34. The summed E-state index contributed by atoms with van der Waals surface area (Å²) in [5.74, 6) is 0.624. The van der Waals surface area contributed by atoms with Crippen molar-refractivity contribution in [1.82, 2.24) is 9.78 Å². The molecule has 0 amide bonds. The molecule has 20 heavy (non-hydrogen) atoms. The van der Waals surface area contributed by atoms with Gasteiger partial charge in [-0.2, -0.15) is 5.10 Å². The van der Waals surface area contributed by atoms with Crippen LogP contribution in [0, 0.1) is 5.92 Å². The monoisotopic (exact) mass is 342 g/mol. The zero-order chi connectivity index (χ0) is 14.5. The highest BCUT2D eigenvalue weighted by Gasteiger charge is 2.22. The molecule has 2 rings (SSSR count). The zero-order valence-corrected chi connectivity index (χ0v) is 13.6. The average molecular weight is 343 g/mol. The van der Waals surface area contributed by atoms with Crippen LogP contribution in [0.5, 0.6) is 0 Å². The van der Waals surface area contributed by atoms with E-state index < -0.39 is 0 Å². The molecule has 1 atom stereocenters. The first-order valence-corrected chi connectivity index (χ1v) is 8.17. The lowest BCUT2D eigenvalue weighted by atomic mass is 9.94. The predicted molar refractivity (Wildman–Crippen MR) is 85.1 cm³/mol. The molecule has 2 N–H and O–H groups in total. The summed E-state index contributed by atoms with van der Waals surface area (Å²) in [4.78, 5) is 14.5. The summed E-state index contributed by atoms with van der Waals surface area (Å²) >= 11 is 3.46. The third kappa shape index (κ3) is 3.41. The van der Waals surface area contributed by atoms with Gasteiger partial charge in [-0.1, -0.05) is 6.92 Å². The van der Waals surface area contributed by atoms with Gasteiger partial charge in [-0.25, -0.2) is 4.68 Å². The Kier molecular flexibility index (Phi) is 5.60. The van der Waals surface area contributed by atoms with Crippen molar-refractivity contribution >= 4 is 21.6 Å². The standard InChI is InChI=1S/C14H23BrN4O/c1-2-7-19-14(20)13(15)12(9-17-19)18-8-3-4-11(10-18)5-6-16/h9,11H,2-8,10,16H2,1H3. The van der Waals surface area contributed by atoms with E-state index in [2.05, 4.69) is 25.9 Å². The van der Waals surface area contributed by atoms with E-state index in [0.717, 1.165) is 44.6 Å². The molecule has 1 aliphatic heterocycles. The van der Waals surface area contributed by atoms with Crippen LogP contribution >= 0.6 is 15.9 Å². The number of hydrogen-bond acceptors (Lipinski definition) is 4. The predicted octanol–water partition coefficient (Wildman–Crippen LogP) is 1.98. The molecule has 1 fully saturated rings. The molecule has 0 aliphatic carbocycles. The number of anilines is 1. The van der Waals surface area contributed by atoms with Crippen molar-refractivity contribution in [2.45, 2.75) is 39.2 Å². The normalized spacial score (nSPS) is 19.4. The third-order valence-electron chi connectivity index (χ3n) is 3.84. The topological polar surface area (TPSA) is 64.2 Å². The van der Waals surface area contributed by atoms with E-state index in [1.165, 1.54) is 11.1 Å². The number of aromatic nitrogens is 2. The second-order valence-electron chi connectivity index (χ2n) is 5.40. The Bertz CT molecular complexity index is 500. The van der Waals surface area contributed by atoms with Gasteiger partial charge in [-0.3, -0.25) is 4.79 Å². The molecule has 0 spiro atoms. The van der Waals surface area contributed by atoms with Crippen LogP contribution in [0.2, 0.25) is 0 Å². The van der Waals surface area contributed by atoms with Crippen molar-refractivity contribution in [3.63, 3.8) is 0 Å². The molecular formula is C14H23BrN4O. The van der Waals surface area contributed by atoms with Crippen molar-refractivity contribution in [2.75, 3.05) is 24.5 Å². The Morgan fingerprint density at radius 1 is 1.55 bits per heavy atom. The number of nitrogens with two attached hydrogens (primary N) is 1. The summed E-state index contributed by atoms with van der Waals surface area (Å²) < 4.78 is 2.16. The number of rotatable bonds is 5. The highest BCUT2D eigenvalue weighted by molar-refractivity contribution is 9.10. The fraction of sp³-hybridized carbons (Fsp3) is 0.714. The molecule has 0 bridgehead atoms. The van der Waals surface area contributed by atoms with Gasteiger partial charge in [0.2, 0.25) is 0 Å². The Morgan fingerprint density at radius 2 is 2.35 bits per heavy atom. The molecule has 1 unspecified atom stereocenters. The molecule has 1 saturated heterocycles. The van der Waals surface area contributed by atoms with Crippen LogP contribution < -0.4 is 16.2 Å². The van der Waals surface area contributed by atoms with Crippen molar-refractivity contribution in [2.24, 2.45) is 11.7 Å². The van der Waals surface area contributed by atoms with Crippen LogP contribution in [0.1, 0.15) is 32.6 Å². The maximum Gasteiger partial charge on any atom is 0.283 e. The molecule has 2 heterocycles. The van der Waals surface area contributed by atoms with Gasteiger partial charge in [0.05, 0.1) is 11.9 Å². The van der Waals surface area contributed by atoms with E-state index in [-0.39, 0.29) is 5.56 Å². The van der Waals surface area contributed by atoms with E-state index in [1.54, 1.807) is 0 Å². The minimum Gasteiger partial charge on any atom is -0.369 e. The molecule has 1 aromatic heterocycles. The van der Waals surface area contributed by atoms with Gasteiger partial charge in [-0.15, -0.1) is 0 Å². The smallest absolute Gasteiger partial charge is 0.283 e. The van der Waals surface area contributed by atoms with E-state index in [0.29, 0.717) is 16.9 Å². The first-order valence-electron chi connectivity index (χ1n) is 7.38. The summed E-state index contributed by atoms with van der Waals surface area (Å²) in [5, 5.41) is 4.28. The number of nitrogens with zero attached hydrogens (tertiary/aromatic N) is 3. The number of halogens is 1. The van der Waals surface area contributed by atoms with Gasteiger partial charge in [0.15, 0.2) is 0 Å². The molecular weight excluding hydrogens is 320 g/mol. The zero-order valence-electron chi connectivity index (χ0n) is 12.0. The molecule has 1 aromatic rings. The Labute approximate surface area is 128 Å². The molecule has 5 nitrogen and oxygen atoms in total. The third-order valence-corrected chi connectivity index (χ3v) is 4.58. The minimum atomic E-state index is -0.0368. The molecule has 1 aliphatic rings. The fourth-order valence-electron chi connectivity index (χ4n) is 2.80. The van der Waals surface area contributed by atoms with E-state index in [4.69, 9.17) is 5.73 Å². The second kappa shape index (κ2) is 7.22. The van der Waals surface area contributed by atoms with Gasteiger partial charge in [0, 0.05) is 19.6 Å². The first-order chi connectivity index (χ1) is 9.67. The van der Waals surface area contributed by atoms with Crippen molar-refractivity contribution in [3.05, 3.63) is 21.0 Å². The Hall–Kier alpha value is -0.880. The first kappa shape index (κ1) is 15.5. The Morgan fingerprint density at radius 3 is 3.05 bits per heavy atom. The van der Waals surface area contributed by atoms with Crippen LogP contribution in [-0.4, -0.2) is 29.4 Å². The van der Waals surface area contributed by atoms with Crippen LogP contribution in [-0.2, 0) is 6.54 Å². The SMILES string of the molecule is CCCn1ncc(N2CCCC(CCN)C2)c(Br)c1=O. The molecule has 6 heteroatoms. The number of piperidine rings is 1. The summed E-state index contributed by atoms with van der Waals surface area (Å²) in [6.45, 7) is 5.38. The Balaban J connectivity index is 2.20. The molecule has 0 saturated carbocycles. The molecule has 0 aromatic carbocycles. The quantitative estimate of drug-likeness (QED) is 0.888. The summed E-state index contributed by atoms with van der Waals surface area (Å²) in [7, 11) is 0. The van der Waals surface area contributed by atoms with E-state index >= 15 is 0 Å². The maximum atomic E-state index is 12.2. The van der Waals surface area contributed by atoms with Crippen LogP contribution in [0.15, 0.2) is 15.5 Å². The number of hydrogen-bond donors (Lipinski definition) is 1. The summed E-state index contributed by atoms with van der Waals surface area (Å²) in [6, 6.07) is 0. The lowest BCUT2D eigenvalue weighted by Crippen LogP contribution is -2.38. The second-order valence-corrected chi connectivity index (χ2v) is 6.20. The lowest BCUT2D eigenvalue weighted by molar-refractivity contribution is 0.395. The van der Waals surface area contributed by atoms with Gasteiger partial charge < -0.3 is 10.6 Å². The largest absolute Gasteiger partial charge is 0.369 e. The highest BCUT2D eigenvalue weighted by atomic mass is 79.9. The van der Waals surface area contributed by atoms with Crippen molar-refractivity contribution in [3.8, 4) is 0 Å². The minimum absolute atomic E-state index is 0.0368. The summed E-state index contributed by atoms with van der Waals surface area (Å²) in [5.41, 5.74) is 6.54. The average Bonchev–Trinajstić information content (AvgIpc) is 2.45. The molecule has 112 valence electrons. The number of aryl methyl sites for hydroxylation is 1. The van der Waals surface area contributed by atoms with Crippen LogP contribution in [0.4, 0.5) is 5.69 Å². The fourth-order valence-corrected chi connectivity index (χ4v) is 3.36.